The molecule has 3 rings (SSSR count). The molecule has 140 valence electrons. The molecule has 0 saturated carbocycles. The molecule has 26 heavy (non-hydrogen) atoms. The minimum Gasteiger partial charge on any atom is -0.353 e. The van der Waals surface area contributed by atoms with Crippen LogP contribution in [0.1, 0.15) is 19.8 Å². The Hall–Kier alpha value is -2.35. The highest BCUT2D eigenvalue weighted by atomic mass is 32.2. The van der Waals surface area contributed by atoms with Crippen LogP contribution in [0.4, 0.5) is 17.3 Å². The fourth-order valence-corrected chi connectivity index (χ4v) is 4.15. The van der Waals surface area contributed by atoms with Crippen LogP contribution in [-0.4, -0.2) is 50.3 Å². The average molecular weight is 375 g/mol. The molecule has 1 fully saturated rings. The molecule has 0 aliphatic carbocycles. The van der Waals surface area contributed by atoms with Crippen molar-refractivity contribution in [3.05, 3.63) is 42.7 Å². The van der Waals surface area contributed by atoms with E-state index in [-0.39, 0.29) is 5.75 Å². The van der Waals surface area contributed by atoms with Gasteiger partial charge in [-0.25, -0.2) is 18.4 Å². The summed E-state index contributed by atoms with van der Waals surface area (Å²) in [6.07, 6.45) is 4.90. The summed E-state index contributed by atoms with van der Waals surface area (Å²) >= 11 is 0. The first kappa shape index (κ1) is 18.4. The van der Waals surface area contributed by atoms with Crippen molar-refractivity contribution >= 4 is 27.3 Å². The van der Waals surface area contributed by atoms with Crippen molar-refractivity contribution in [3.63, 3.8) is 0 Å². The zero-order chi connectivity index (χ0) is 18.4. The van der Waals surface area contributed by atoms with E-state index in [0.29, 0.717) is 12.1 Å². The summed E-state index contributed by atoms with van der Waals surface area (Å²) in [7, 11) is -3.29. The van der Waals surface area contributed by atoms with Crippen LogP contribution in [0.5, 0.6) is 0 Å². The first-order valence-electron chi connectivity index (χ1n) is 8.95. The molecule has 0 amide bonds. The van der Waals surface area contributed by atoms with E-state index in [0.717, 1.165) is 44.2 Å². The molecule has 1 N–H and O–H groups in total. The van der Waals surface area contributed by atoms with Gasteiger partial charge in [0.1, 0.15) is 11.6 Å². The Morgan fingerprint density at radius 3 is 2.23 bits per heavy atom. The fourth-order valence-electron chi connectivity index (χ4n) is 2.90. The molecular formula is C18H25N5O2S. The normalized spacial score (nSPS) is 15.1. The van der Waals surface area contributed by atoms with E-state index in [1.807, 2.05) is 37.4 Å². The van der Waals surface area contributed by atoms with E-state index in [9.17, 15) is 8.42 Å². The van der Waals surface area contributed by atoms with Crippen molar-refractivity contribution in [2.75, 3.05) is 46.5 Å². The van der Waals surface area contributed by atoms with Gasteiger partial charge >= 0.3 is 0 Å². The topological polar surface area (TPSA) is 78.4 Å². The molecule has 1 saturated heterocycles. The molecule has 3 heterocycles. The number of piperazine rings is 1. The predicted octanol–water partition coefficient (Wildman–Crippen LogP) is 2.35. The van der Waals surface area contributed by atoms with Crippen LogP contribution < -0.4 is 14.5 Å². The zero-order valence-electron chi connectivity index (χ0n) is 15.0. The summed E-state index contributed by atoms with van der Waals surface area (Å²) in [6.45, 7) is 5.43. The first-order chi connectivity index (χ1) is 12.6. The Balaban J connectivity index is 1.56. The summed E-state index contributed by atoms with van der Waals surface area (Å²) in [4.78, 5) is 13.3. The van der Waals surface area contributed by atoms with Crippen molar-refractivity contribution in [1.29, 1.82) is 0 Å². The van der Waals surface area contributed by atoms with Crippen LogP contribution in [0, 0.1) is 0 Å². The van der Waals surface area contributed by atoms with Gasteiger partial charge < -0.3 is 9.80 Å². The predicted molar refractivity (Wildman–Crippen MR) is 105 cm³/mol. The van der Waals surface area contributed by atoms with Gasteiger partial charge in [0.25, 0.3) is 0 Å². The summed E-state index contributed by atoms with van der Waals surface area (Å²) < 4.78 is 26.5. The maximum Gasteiger partial charge on any atom is 0.232 e. The lowest BCUT2D eigenvalue weighted by Crippen LogP contribution is -2.47. The minimum atomic E-state index is -3.29. The molecule has 0 spiro atoms. The Bertz CT molecular complexity index is 788. The highest BCUT2D eigenvalue weighted by molar-refractivity contribution is 7.92. The average Bonchev–Trinajstić information content (AvgIpc) is 2.68. The highest BCUT2D eigenvalue weighted by Gasteiger charge is 2.19. The van der Waals surface area contributed by atoms with E-state index in [4.69, 9.17) is 0 Å². The molecule has 0 radical (unpaired) electrons. The van der Waals surface area contributed by atoms with Gasteiger partial charge in [-0.2, -0.15) is 0 Å². The van der Waals surface area contributed by atoms with Gasteiger partial charge in [-0.15, -0.1) is 0 Å². The number of rotatable bonds is 7. The quantitative estimate of drug-likeness (QED) is 0.800. The van der Waals surface area contributed by atoms with Crippen LogP contribution in [0.15, 0.2) is 42.7 Å². The highest BCUT2D eigenvalue weighted by Crippen LogP contribution is 2.19. The second-order valence-corrected chi connectivity index (χ2v) is 8.18. The third-order valence-corrected chi connectivity index (χ3v) is 5.74. The minimum absolute atomic E-state index is 0.140. The third-order valence-electron chi connectivity index (χ3n) is 4.36. The number of aromatic nitrogens is 2. The molecule has 0 aromatic carbocycles. The van der Waals surface area contributed by atoms with Crippen molar-refractivity contribution in [2.45, 2.75) is 19.8 Å². The fraction of sp³-hybridized carbons (Fsp3) is 0.444. The van der Waals surface area contributed by atoms with Gasteiger partial charge in [-0.05, 0) is 30.7 Å². The number of hydrogen-bond acceptors (Lipinski definition) is 6. The largest absolute Gasteiger partial charge is 0.353 e. The smallest absolute Gasteiger partial charge is 0.232 e. The molecule has 0 unspecified atom stereocenters. The molecule has 7 nitrogen and oxygen atoms in total. The Morgan fingerprint density at radius 2 is 1.69 bits per heavy atom. The van der Waals surface area contributed by atoms with E-state index in [1.54, 1.807) is 12.3 Å². The van der Waals surface area contributed by atoms with Crippen LogP contribution in [0.25, 0.3) is 0 Å². The molecule has 2 aromatic rings. The standard InChI is InChI=1S/C18H25N5O2S/c1-2-3-14-26(24,25)21-16-7-8-18(20-15-16)23-12-10-22(11-13-23)17-6-4-5-9-19-17/h4-9,15,21H,2-3,10-14H2,1H3. The maximum absolute atomic E-state index is 12.0. The summed E-state index contributed by atoms with van der Waals surface area (Å²) in [5, 5.41) is 0. The molecule has 0 atom stereocenters. The van der Waals surface area contributed by atoms with Crippen molar-refractivity contribution in [3.8, 4) is 0 Å². The van der Waals surface area contributed by atoms with E-state index >= 15 is 0 Å². The van der Waals surface area contributed by atoms with Gasteiger partial charge in [0.15, 0.2) is 0 Å². The van der Waals surface area contributed by atoms with Crippen molar-refractivity contribution < 1.29 is 8.42 Å². The van der Waals surface area contributed by atoms with Gasteiger partial charge in [0.2, 0.25) is 10.0 Å². The number of hydrogen-bond donors (Lipinski definition) is 1. The Morgan fingerprint density at radius 1 is 1.00 bits per heavy atom. The molecule has 8 heteroatoms. The second kappa shape index (κ2) is 8.35. The van der Waals surface area contributed by atoms with E-state index < -0.39 is 10.0 Å². The number of unbranched alkanes of at least 4 members (excludes halogenated alkanes) is 1. The summed E-state index contributed by atoms with van der Waals surface area (Å²) in [5.74, 6) is 2.00. The number of anilines is 3. The third kappa shape index (κ3) is 4.85. The van der Waals surface area contributed by atoms with Crippen molar-refractivity contribution in [1.82, 2.24) is 9.97 Å². The lowest BCUT2D eigenvalue weighted by molar-refractivity contribution is 0.598. The first-order valence-corrected chi connectivity index (χ1v) is 10.6. The summed E-state index contributed by atoms with van der Waals surface area (Å²) in [5.41, 5.74) is 0.511. The zero-order valence-corrected chi connectivity index (χ0v) is 15.8. The number of sulfonamides is 1. The maximum atomic E-state index is 12.0. The van der Waals surface area contributed by atoms with Gasteiger partial charge in [0.05, 0.1) is 17.6 Å². The van der Waals surface area contributed by atoms with E-state index in [2.05, 4.69) is 24.5 Å². The number of nitrogens with zero attached hydrogens (tertiary/aromatic N) is 4. The van der Waals surface area contributed by atoms with E-state index in [1.165, 1.54) is 0 Å². The van der Waals surface area contributed by atoms with Gasteiger partial charge in [0, 0.05) is 32.4 Å². The monoisotopic (exact) mass is 375 g/mol. The van der Waals surface area contributed by atoms with Crippen molar-refractivity contribution in [2.24, 2.45) is 0 Å². The van der Waals surface area contributed by atoms with Crippen LogP contribution in [-0.2, 0) is 10.0 Å². The summed E-state index contributed by atoms with van der Waals surface area (Å²) in [6, 6.07) is 9.58. The van der Waals surface area contributed by atoms with Crippen LogP contribution in [0.2, 0.25) is 0 Å². The lowest BCUT2D eigenvalue weighted by atomic mass is 10.3. The van der Waals surface area contributed by atoms with Crippen LogP contribution >= 0.6 is 0 Å². The molecule has 2 aromatic heterocycles. The lowest BCUT2D eigenvalue weighted by Gasteiger charge is -2.36. The molecule has 0 bridgehead atoms. The van der Waals surface area contributed by atoms with Gasteiger partial charge in [-0.3, -0.25) is 4.72 Å². The molecule has 1 aliphatic heterocycles. The number of pyridine rings is 2. The second-order valence-electron chi connectivity index (χ2n) is 6.34. The molecule has 1 aliphatic rings. The number of nitrogens with one attached hydrogen (secondary N) is 1. The van der Waals surface area contributed by atoms with Gasteiger partial charge in [-0.1, -0.05) is 19.4 Å². The Kier molecular flexibility index (Phi) is 5.92. The SMILES string of the molecule is CCCCS(=O)(=O)Nc1ccc(N2CCN(c3ccccn3)CC2)nc1. The molecular weight excluding hydrogens is 350 g/mol. The van der Waals surface area contributed by atoms with Crippen LogP contribution in [0.3, 0.4) is 0 Å². The Labute approximate surface area is 155 Å².